The van der Waals surface area contributed by atoms with Crippen LogP contribution in [0.1, 0.15) is 81.8 Å². The van der Waals surface area contributed by atoms with E-state index in [0.717, 1.165) is 58.6 Å². The van der Waals surface area contributed by atoms with Crippen LogP contribution >= 0.6 is 0 Å². The van der Waals surface area contributed by atoms with Crippen LogP contribution in [0.3, 0.4) is 0 Å². The number of carbonyl (C=O) groups is 1. The monoisotopic (exact) mass is 588 g/mol. The maximum absolute atomic E-state index is 14.4. The van der Waals surface area contributed by atoms with E-state index in [9.17, 15) is 9.18 Å². The summed E-state index contributed by atoms with van der Waals surface area (Å²) in [6, 6.07) is 8.68. The molecule has 1 saturated heterocycles. The Kier molecular flexibility index (Phi) is 8.94. The van der Waals surface area contributed by atoms with Crippen molar-refractivity contribution in [3.63, 3.8) is 0 Å². The van der Waals surface area contributed by atoms with E-state index in [2.05, 4.69) is 20.1 Å². The number of fused-ring (bicyclic) bond motifs is 1. The van der Waals surface area contributed by atoms with Crippen molar-refractivity contribution in [1.82, 2.24) is 19.9 Å². The van der Waals surface area contributed by atoms with Crippen molar-refractivity contribution in [1.29, 1.82) is 0 Å². The van der Waals surface area contributed by atoms with Gasteiger partial charge in [0.05, 0.1) is 17.1 Å². The second-order valence-electron chi connectivity index (χ2n) is 12.7. The summed E-state index contributed by atoms with van der Waals surface area (Å²) >= 11 is 0. The van der Waals surface area contributed by atoms with E-state index < -0.39 is 5.60 Å². The molecular weight excluding hydrogens is 547 g/mol. The molecule has 2 atom stereocenters. The fourth-order valence-corrected chi connectivity index (χ4v) is 6.12. The molecule has 0 spiro atoms. The second-order valence-corrected chi connectivity index (χ2v) is 12.7. The number of hydrogen-bond donors (Lipinski definition) is 1. The van der Waals surface area contributed by atoms with Crippen molar-refractivity contribution in [3.05, 3.63) is 71.1 Å². The summed E-state index contributed by atoms with van der Waals surface area (Å²) in [6.07, 6.45) is 6.89. The second kappa shape index (κ2) is 12.7. The van der Waals surface area contributed by atoms with E-state index in [4.69, 9.17) is 15.3 Å². The number of pyridine rings is 1. The fraction of sp³-hybridized carbons (Fsp3) is 0.485. The van der Waals surface area contributed by atoms with E-state index in [1.54, 1.807) is 23.4 Å². The Balaban J connectivity index is 1.32. The lowest BCUT2D eigenvalue weighted by molar-refractivity contribution is 0.0122. The predicted octanol–water partition coefficient (Wildman–Crippen LogP) is 6.44. The molecule has 1 fully saturated rings. The number of nitrogens with two attached hydrogens (primary N) is 1. The van der Waals surface area contributed by atoms with Gasteiger partial charge in [-0.3, -0.25) is 4.98 Å². The van der Waals surface area contributed by atoms with Crippen LogP contribution in [-0.4, -0.2) is 56.5 Å². The number of nitrogens with zero attached hydrogens (tertiary/aromatic N) is 5. The third-order valence-electron chi connectivity index (χ3n) is 8.05. The van der Waals surface area contributed by atoms with Gasteiger partial charge in [0, 0.05) is 43.0 Å². The molecule has 0 radical (unpaired) electrons. The summed E-state index contributed by atoms with van der Waals surface area (Å²) in [5, 5.41) is 4.68. The zero-order chi connectivity index (χ0) is 30.7. The Hall–Kier alpha value is -4.08. The molecule has 43 heavy (non-hydrogen) atoms. The number of carbonyl (C=O) groups excluding carboxylic acids is 1. The molecule has 3 aromatic rings. The molecule has 2 aliphatic rings. The van der Waals surface area contributed by atoms with Crippen LogP contribution in [0.4, 0.5) is 15.1 Å². The Morgan fingerprint density at radius 1 is 1.19 bits per heavy atom. The number of benzene rings is 1. The molecular formula is C33H41FN6O3. The maximum Gasteiger partial charge on any atom is 0.410 e. The molecule has 9 nitrogen and oxygen atoms in total. The van der Waals surface area contributed by atoms with Gasteiger partial charge in [-0.05, 0) is 101 Å². The van der Waals surface area contributed by atoms with Crippen molar-refractivity contribution in [2.75, 3.05) is 18.8 Å². The lowest BCUT2D eigenvalue weighted by atomic mass is 9.78. The standard InChI is InChI=1S/C33H41FN6O3/c1-20(15-22-10-13-40(14-11-22)32(41)42-33(3,4)5)43-39-29-17-24(16-28-30(29)21(2)37-31(35)38-28)26-9-8-25(34)18-27(26)23-7-6-12-36-19-23/h6-9,12,18-20,22,24H,10-11,13-17H2,1-5H3,(H2,35,37,38)/b39-29+. The Bertz CT molecular complexity index is 1480. The molecule has 0 saturated carbocycles. The highest BCUT2D eigenvalue weighted by Crippen LogP contribution is 2.39. The van der Waals surface area contributed by atoms with Gasteiger partial charge in [0.25, 0.3) is 0 Å². The first-order valence-electron chi connectivity index (χ1n) is 15.0. The van der Waals surface area contributed by atoms with Gasteiger partial charge in [0.15, 0.2) is 0 Å². The molecule has 228 valence electrons. The minimum atomic E-state index is -0.502. The zero-order valence-corrected chi connectivity index (χ0v) is 25.6. The van der Waals surface area contributed by atoms with Crippen LogP contribution in [0.5, 0.6) is 0 Å². The number of amides is 1. The number of nitrogen functional groups attached to an aromatic ring is 1. The quantitative estimate of drug-likeness (QED) is 0.329. The maximum atomic E-state index is 14.4. The third-order valence-corrected chi connectivity index (χ3v) is 8.05. The van der Waals surface area contributed by atoms with Crippen LogP contribution < -0.4 is 5.73 Å². The summed E-state index contributed by atoms with van der Waals surface area (Å²) in [5.41, 5.74) is 11.4. The number of aromatic nitrogens is 3. The van der Waals surface area contributed by atoms with Crippen molar-refractivity contribution >= 4 is 17.8 Å². The number of likely N-dealkylation sites (tertiary alicyclic amines) is 1. The average Bonchev–Trinajstić information content (AvgIpc) is 2.95. The molecule has 0 bridgehead atoms. The Morgan fingerprint density at radius 3 is 2.65 bits per heavy atom. The van der Waals surface area contributed by atoms with Gasteiger partial charge in [-0.1, -0.05) is 17.3 Å². The summed E-state index contributed by atoms with van der Waals surface area (Å²) in [7, 11) is 0. The van der Waals surface area contributed by atoms with E-state index in [1.807, 2.05) is 52.8 Å². The summed E-state index contributed by atoms with van der Waals surface area (Å²) in [6.45, 7) is 10.9. The normalized spacial score (nSPS) is 19.2. The minimum Gasteiger partial charge on any atom is -0.444 e. The number of rotatable bonds is 6. The summed E-state index contributed by atoms with van der Waals surface area (Å²) < 4.78 is 20.0. The number of anilines is 1. The summed E-state index contributed by atoms with van der Waals surface area (Å²) in [5.74, 6) is 0.317. The van der Waals surface area contributed by atoms with Crippen LogP contribution in [-0.2, 0) is 16.0 Å². The highest BCUT2D eigenvalue weighted by molar-refractivity contribution is 6.03. The average molecular weight is 589 g/mol. The third kappa shape index (κ3) is 7.47. The number of halogens is 1. The number of piperidine rings is 1. The lowest BCUT2D eigenvalue weighted by Gasteiger charge is -2.34. The van der Waals surface area contributed by atoms with E-state index >= 15 is 0 Å². The first kappa shape index (κ1) is 30.4. The zero-order valence-electron chi connectivity index (χ0n) is 25.6. The van der Waals surface area contributed by atoms with Crippen LogP contribution in [0.25, 0.3) is 11.1 Å². The molecule has 1 amide bonds. The lowest BCUT2D eigenvalue weighted by Crippen LogP contribution is -2.42. The van der Waals surface area contributed by atoms with Gasteiger partial charge in [-0.25, -0.2) is 19.2 Å². The smallest absolute Gasteiger partial charge is 0.410 e. The molecule has 1 aromatic carbocycles. The van der Waals surface area contributed by atoms with Crippen LogP contribution in [0, 0.1) is 18.7 Å². The molecule has 10 heteroatoms. The van der Waals surface area contributed by atoms with Gasteiger partial charge in [-0.2, -0.15) is 0 Å². The number of ether oxygens (including phenoxy) is 1. The predicted molar refractivity (Wildman–Crippen MR) is 164 cm³/mol. The minimum absolute atomic E-state index is 0.0214. The first-order valence-corrected chi connectivity index (χ1v) is 15.0. The Labute approximate surface area is 252 Å². The highest BCUT2D eigenvalue weighted by atomic mass is 19.1. The molecule has 2 unspecified atom stereocenters. The molecule has 2 aromatic heterocycles. The molecule has 1 aliphatic carbocycles. The van der Waals surface area contributed by atoms with Gasteiger partial charge >= 0.3 is 6.09 Å². The molecule has 5 rings (SSSR count). The number of aryl methyl sites for hydroxylation is 1. The van der Waals surface area contributed by atoms with Crippen molar-refractivity contribution in [3.8, 4) is 11.1 Å². The fourth-order valence-electron chi connectivity index (χ4n) is 6.12. The van der Waals surface area contributed by atoms with Crippen molar-refractivity contribution in [2.24, 2.45) is 11.1 Å². The van der Waals surface area contributed by atoms with Gasteiger partial charge in [0.2, 0.25) is 5.95 Å². The van der Waals surface area contributed by atoms with E-state index in [0.29, 0.717) is 31.8 Å². The largest absolute Gasteiger partial charge is 0.444 e. The van der Waals surface area contributed by atoms with Crippen molar-refractivity contribution in [2.45, 2.75) is 84.3 Å². The highest BCUT2D eigenvalue weighted by Gasteiger charge is 2.32. The number of hydrogen-bond acceptors (Lipinski definition) is 8. The SMILES string of the molecule is Cc1nc(N)nc2c1/C(=N/OC(C)CC1CCN(C(=O)OC(C)(C)C)CC1)CC(c1ccc(F)cc1-c1cccnc1)C2. The van der Waals surface area contributed by atoms with Gasteiger partial charge in [0.1, 0.15) is 17.5 Å². The van der Waals surface area contributed by atoms with E-state index in [-0.39, 0.29) is 29.9 Å². The Morgan fingerprint density at radius 2 is 1.95 bits per heavy atom. The molecule has 2 N–H and O–H groups in total. The first-order chi connectivity index (χ1) is 20.5. The van der Waals surface area contributed by atoms with Crippen LogP contribution in [0.15, 0.2) is 47.9 Å². The van der Waals surface area contributed by atoms with Crippen molar-refractivity contribution < 1.29 is 18.8 Å². The van der Waals surface area contributed by atoms with E-state index in [1.165, 1.54) is 6.07 Å². The number of oxime groups is 1. The topological polar surface area (TPSA) is 116 Å². The van der Waals surface area contributed by atoms with Gasteiger partial charge < -0.3 is 20.2 Å². The molecule has 1 aliphatic heterocycles. The molecule has 3 heterocycles. The van der Waals surface area contributed by atoms with Crippen LogP contribution in [0.2, 0.25) is 0 Å². The van der Waals surface area contributed by atoms with Gasteiger partial charge in [-0.15, -0.1) is 0 Å². The summed E-state index contributed by atoms with van der Waals surface area (Å²) in [4.78, 5) is 33.6.